The Balaban J connectivity index is 1.47. The summed E-state index contributed by atoms with van der Waals surface area (Å²) in [6.45, 7) is 4.38. The van der Waals surface area contributed by atoms with E-state index < -0.39 is 5.97 Å². The van der Waals surface area contributed by atoms with Gasteiger partial charge in [0.05, 0.1) is 26.9 Å². The lowest BCUT2D eigenvalue weighted by Gasteiger charge is -2.37. The molecule has 6 nitrogen and oxygen atoms in total. The molecule has 0 spiro atoms. The fourth-order valence-corrected chi connectivity index (χ4v) is 2.62. The van der Waals surface area contributed by atoms with Crippen LogP contribution in [-0.2, 0) is 19.0 Å². The van der Waals surface area contributed by atoms with Crippen LogP contribution in [0.15, 0.2) is 48.5 Å². The second kappa shape index (κ2) is 8.88. The number of rotatable bonds is 9. The van der Waals surface area contributed by atoms with Crippen molar-refractivity contribution in [3.63, 3.8) is 0 Å². The molecule has 1 aliphatic heterocycles. The first-order valence-electron chi connectivity index (χ1n) is 8.76. The van der Waals surface area contributed by atoms with Gasteiger partial charge < -0.3 is 23.7 Å². The summed E-state index contributed by atoms with van der Waals surface area (Å²) in [5.74, 6) is 0.965. The first kappa shape index (κ1) is 19.2. The highest BCUT2D eigenvalue weighted by molar-refractivity contribution is 5.71. The van der Waals surface area contributed by atoms with Crippen molar-refractivity contribution in [1.29, 1.82) is 0 Å². The highest BCUT2D eigenvalue weighted by atomic mass is 16.7. The van der Waals surface area contributed by atoms with E-state index in [-0.39, 0.29) is 18.8 Å². The maximum absolute atomic E-state index is 11.1. The van der Waals surface area contributed by atoms with E-state index in [1.54, 1.807) is 0 Å². The van der Waals surface area contributed by atoms with Gasteiger partial charge in [0.1, 0.15) is 11.5 Å². The number of methoxy groups -OCH3 is 1. The zero-order valence-corrected chi connectivity index (χ0v) is 15.6. The molecule has 0 saturated carbocycles. The smallest absolute Gasteiger partial charge is 0.343 e. The van der Waals surface area contributed by atoms with Gasteiger partial charge in [-0.2, -0.15) is 0 Å². The van der Waals surface area contributed by atoms with Crippen LogP contribution in [0.2, 0.25) is 0 Å². The van der Waals surface area contributed by atoms with Crippen LogP contribution in [0.3, 0.4) is 0 Å². The standard InChI is InChI=1S/C21H24O6/c1-21(12-24-13-21)14-25-15-27-19-9-5-17(6-10-19)16-3-7-18(8-4-16)26-11-20(22)23-2/h3-10H,11-15H2,1-2H3. The molecule has 6 heteroatoms. The highest BCUT2D eigenvalue weighted by Crippen LogP contribution is 2.27. The van der Waals surface area contributed by atoms with Crippen molar-refractivity contribution < 1.29 is 28.5 Å². The Morgan fingerprint density at radius 3 is 2.00 bits per heavy atom. The van der Waals surface area contributed by atoms with Crippen LogP contribution in [0.25, 0.3) is 11.1 Å². The number of ether oxygens (including phenoxy) is 5. The van der Waals surface area contributed by atoms with Gasteiger partial charge in [-0.05, 0) is 35.4 Å². The van der Waals surface area contributed by atoms with Crippen molar-refractivity contribution in [2.45, 2.75) is 6.92 Å². The van der Waals surface area contributed by atoms with Gasteiger partial charge in [0.25, 0.3) is 0 Å². The average molecular weight is 372 g/mol. The number of carbonyl (C=O) groups is 1. The average Bonchev–Trinajstić information content (AvgIpc) is 2.69. The van der Waals surface area contributed by atoms with Gasteiger partial charge >= 0.3 is 5.97 Å². The van der Waals surface area contributed by atoms with E-state index in [1.807, 2.05) is 48.5 Å². The van der Waals surface area contributed by atoms with Crippen molar-refractivity contribution in [3.05, 3.63) is 48.5 Å². The minimum Gasteiger partial charge on any atom is -0.482 e. The zero-order chi connectivity index (χ0) is 19.1. The SMILES string of the molecule is COC(=O)COc1ccc(-c2ccc(OCOCC3(C)COC3)cc2)cc1. The molecule has 2 aromatic carbocycles. The van der Waals surface area contributed by atoms with Gasteiger partial charge in [0.2, 0.25) is 0 Å². The van der Waals surface area contributed by atoms with Crippen LogP contribution in [-0.4, -0.2) is 46.3 Å². The summed E-state index contributed by atoms with van der Waals surface area (Å²) in [5.41, 5.74) is 2.22. The maximum Gasteiger partial charge on any atom is 0.343 e. The monoisotopic (exact) mass is 372 g/mol. The molecule has 1 aliphatic rings. The number of carbonyl (C=O) groups excluding carboxylic acids is 1. The lowest BCUT2D eigenvalue weighted by atomic mass is 9.90. The van der Waals surface area contributed by atoms with E-state index in [1.165, 1.54) is 7.11 Å². The third-order valence-corrected chi connectivity index (χ3v) is 4.29. The van der Waals surface area contributed by atoms with Crippen LogP contribution in [0, 0.1) is 5.41 Å². The normalized spacial score (nSPS) is 14.9. The molecule has 0 bridgehead atoms. The molecular formula is C21H24O6. The maximum atomic E-state index is 11.1. The number of benzene rings is 2. The number of esters is 1. The van der Waals surface area contributed by atoms with Gasteiger partial charge in [-0.25, -0.2) is 4.79 Å². The molecule has 144 valence electrons. The summed E-state index contributed by atoms with van der Waals surface area (Å²) in [6, 6.07) is 15.3. The summed E-state index contributed by atoms with van der Waals surface area (Å²) in [4.78, 5) is 11.1. The first-order valence-corrected chi connectivity index (χ1v) is 8.76. The second-order valence-electron chi connectivity index (χ2n) is 6.83. The highest BCUT2D eigenvalue weighted by Gasteiger charge is 2.33. The van der Waals surface area contributed by atoms with Crippen LogP contribution in [0.4, 0.5) is 0 Å². The molecular weight excluding hydrogens is 348 g/mol. The summed E-state index contributed by atoms with van der Waals surface area (Å²) >= 11 is 0. The van der Waals surface area contributed by atoms with E-state index in [0.29, 0.717) is 12.4 Å². The lowest BCUT2D eigenvalue weighted by Crippen LogP contribution is -2.43. The van der Waals surface area contributed by atoms with E-state index in [9.17, 15) is 4.79 Å². The molecule has 0 amide bonds. The molecule has 27 heavy (non-hydrogen) atoms. The molecule has 0 atom stereocenters. The Bertz CT molecular complexity index is 734. The van der Waals surface area contributed by atoms with Gasteiger partial charge in [0, 0.05) is 5.41 Å². The molecule has 3 rings (SSSR count). The first-order chi connectivity index (χ1) is 13.1. The second-order valence-corrected chi connectivity index (χ2v) is 6.83. The van der Waals surface area contributed by atoms with Gasteiger partial charge in [-0.3, -0.25) is 0 Å². The van der Waals surface area contributed by atoms with Gasteiger partial charge in [0.15, 0.2) is 13.4 Å². The van der Waals surface area contributed by atoms with Crippen LogP contribution in [0.5, 0.6) is 11.5 Å². The Kier molecular flexibility index (Phi) is 6.32. The molecule has 1 fully saturated rings. The van der Waals surface area contributed by atoms with Crippen molar-refractivity contribution in [3.8, 4) is 22.6 Å². The molecule has 0 aliphatic carbocycles. The molecule has 0 unspecified atom stereocenters. The van der Waals surface area contributed by atoms with E-state index >= 15 is 0 Å². The van der Waals surface area contributed by atoms with E-state index in [4.69, 9.17) is 18.9 Å². The fourth-order valence-electron chi connectivity index (χ4n) is 2.62. The summed E-state index contributed by atoms with van der Waals surface area (Å²) in [7, 11) is 1.33. The van der Waals surface area contributed by atoms with E-state index in [2.05, 4.69) is 11.7 Å². The minimum atomic E-state index is -0.409. The van der Waals surface area contributed by atoms with Crippen molar-refractivity contribution >= 4 is 5.97 Å². The third kappa shape index (κ3) is 5.45. The predicted molar refractivity (Wildman–Crippen MR) is 99.8 cm³/mol. The Morgan fingerprint density at radius 1 is 0.963 bits per heavy atom. The third-order valence-electron chi connectivity index (χ3n) is 4.29. The van der Waals surface area contributed by atoms with Crippen LogP contribution in [0.1, 0.15) is 6.92 Å². The Hall–Kier alpha value is -2.57. The minimum absolute atomic E-state index is 0.101. The Morgan fingerprint density at radius 2 is 1.52 bits per heavy atom. The lowest BCUT2D eigenvalue weighted by molar-refractivity contribution is -0.151. The number of hydrogen-bond donors (Lipinski definition) is 0. The number of hydrogen-bond acceptors (Lipinski definition) is 6. The summed E-state index contributed by atoms with van der Waals surface area (Å²) in [5, 5.41) is 0. The van der Waals surface area contributed by atoms with E-state index in [0.717, 1.165) is 30.1 Å². The van der Waals surface area contributed by atoms with Crippen molar-refractivity contribution in [1.82, 2.24) is 0 Å². The zero-order valence-electron chi connectivity index (χ0n) is 15.6. The quantitative estimate of drug-likeness (QED) is 0.382. The molecule has 0 radical (unpaired) electrons. The molecule has 0 N–H and O–H groups in total. The summed E-state index contributed by atoms with van der Waals surface area (Å²) in [6.07, 6.45) is 0. The molecule has 0 aromatic heterocycles. The Labute approximate surface area is 158 Å². The van der Waals surface area contributed by atoms with Gasteiger partial charge in [-0.1, -0.05) is 31.2 Å². The molecule has 1 heterocycles. The van der Waals surface area contributed by atoms with Crippen molar-refractivity contribution in [2.24, 2.45) is 5.41 Å². The molecule has 1 saturated heterocycles. The fraction of sp³-hybridized carbons (Fsp3) is 0.381. The summed E-state index contributed by atoms with van der Waals surface area (Å²) < 4.78 is 26.3. The predicted octanol–water partition coefficient (Wildman–Crippen LogP) is 3.29. The molecule has 2 aromatic rings. The largest absolute Gasteiger partial charge is 0.482 e. The van der Waals surface area contributed by atoms with Gasteiger partial charge in [-0.15, -0.1) is 0 Å². The van der Waals surface area contributed by atoms with Crippen LogP contribution >= 0.6 is 0 Å². The van der Waals surface area contributed by atoms with Crippen molar-refractivity contribution in [2.75, 3.05) is 40.3 Å². The topological polar surface area (TPSA) is 63.2 Å². The van der Waals surface area contributed by atoms with Crippen LogP contribution < -0.4 is 9.47 Å².